The van der Waals surface area contributed by atoms with Crippen molar-refractivity contribution in [3.05, 3.63) is 12.0 Å². The van der Waals surface area contributed by atoms with Crippen LogP contribution in [-0.4, -0.2) is 48.0 Å². The van der Waals surface area contributed by atoms with Crippen LogP contribution in [0.2, 0.25) is 0 Å². The Morgan fingerprint density at radius 3 is 2.76 bits per heavy atom. The first-order valence-electron chi connectivity index (χ1n) is 5.65. The average Bonchev–Trinajstić information content (AvgIpc) is 2.60. The molecule has 2 rings (SSSR count). The Labute approximate surface area is 102 Å². The van der Waals surface area contributed by atoms with Crippen molar-refractivity contribution in [2.24, 2.45) is 7.05 Å². The van der Waals surface area contributed by atoms with Crippen molar-refractivity contribution in [2.45, 2.75) is 24.9 Å². The van der Waals surface area contributed by atoms with Crippen LogP contribution in [0, 0.1) is 6.92 Å². The summed E-state index contributed by atoms with van der Waals surface area (Å²) in [6.07, 6.45) is 1.57. The Bertz CT molecular complexity index is 489. The smallest absolute Gasteiger partial charge is 0.262 e. The van der Waals surface area contributed by atoms with E-state index in [1.54, 1.807) is 24.7 Å². The van der Waals surface area contributed by atoms with Crippen molar-refractivity contribution < 1.29 is 8.42 Å². The molecular formula is C10H18N4O2S. The van der Waals surface area contributed by atoms with E-state index < -0.39 is 10.0 Å². The number of hydrogen-bond acceptors (Lipinski definition) is 4. The second-order valence-corrected chi connectivity index (χ2v) is 6.34. The lowest BCUT2D eigenvalue weighted by molar-refractivity contribution is 0.309. The molecule has 0 aliphatic carbocycles. The lowest BCUT2D eigenvalue weighted by Crippen LogP contribution is -2.51. The van der Waals surface area contributed by atoms with E-state index in [1.165, 1.54) is 4.31 Å². The van der Waals surface area contributed by atoms with Gasteiger partial charge < -0.3 is 9.88 Å². The molecule has 17 heavy (non-hydrogen) atoms. The van der Waals surface area contributed by atoms with Gasteiger partial charge in [-0.1, -0.05) is 0 Å². The standard InChI is InChI=1S/C10H18N4O2S/c1-8-6-14(5-4-11-8)17(15,16)10-7-13(3)9(2)12-10/h7-8,11H,4-6H2,1-3H3/t8-/m0/s1. The molecule has 7 heteroatoms. The molecule has 0 aromatic carbocycles. The molecule has 1 aromatic heterocycles. The number of piperazine rings is 1. The van der Waals surface area contributed by atoms with Crippen LogP contribution in [0.1, 0.15) is 12.7 Å². The number of aromatic nitrogens is 2. The summed E-state index contributed by atoms with van der Waals surface area (Å²) in [6, 6.07) is 0.184. The summed E-state index contributed by atoms with van der Waals surface area (Å²) in [5.41, 5.74) is 0. The van der Waals surface area contributed by atoms with Crippen LogP contribution in [0.25, 0.3) is 0 Å². The van der Waals surface area contributed by atoms with Gasteiger partial charge >= 0.3 is 0 Å². The van der Waals surface area contributed by atoms with Gasteiger partial charge in [0.05, 0.1) is 0 Å². The van der Waals surface area contributed by atoms with Crippen molar-refractivity contribution >= 4 is 10.0 Å². The summed E-state index contributed by atoms with van der Waals surface area (Å²) in [5, 5.41) is 3.37. The highest BCUT2D eigenvalue weighted by atomic mass is 32.2. The molecule has 96 valence electrons. The van der Waals surface area contributed by atoms with E-state index in [2.05, 4.69) is 10.3 Å². The first kappa shape index (κ1) is 12.5. The average molecular weight is 258 g/mol. The number of nitrogens with zero attached hydrogens (tertiary/aromatic N) is 3. The molecule has 0 saturated carbocycles. The Morgan fingerprint density at radius 1 is 1.53 bits per heavy atom. The van der Waals surface area contributed by atoms with E-state index >= 15 is 0 Å². The fourth-order valence-electron chi connectivity index (χ4n) is 1.90. The molecule has 0 unspecified atom stereocenters. The molecule has 1 saturated heterocycles. The van der Waals surface area contributed by atoms with Gasteiger partial charge in [-0.05, 0) is 13.8 Å². The summed E-state index contributed by atoms with van der Waals surface area (Å²) < 4.78 is 27.9. The van der Waals surface area contributed by atoms with Crippen molar-refractivity contribution in [1.29, 1.82) is 0 Å². The van der Waals surface area contributed by atoms with Gasteiger partial charge in [0.25, 0.3) is 10.0 Å². The minimum atomic E-state index is -3.44. The van der Waals surface area contributed by atoms with Crippen LogP contribution in [0.15, 0.2) is 11.2 Å². The van der Waals surface area contributed by atoms with Crippen LogP contribution in [0.4, 0.5) is 0 Å². The maximum Gasteiger partial charge on any atom is 0.262 e. The second kappa shape index (κ2) is 4.40. The lowest BCUT2D eigenvalue weighted by atomic mass is 10.3. The van der Waals surface area contributed by atoms with Gasteiger partial charge in [0.15, 0.2) is 5.03 Å². The Balaban J connectivity index is 2.29. The molecule has 0 radical (unpaired) electrons. The number of sulfonamides is 1. The van der Waals surface area contributed by atoms with Gasteiger partial charge in [-0.2, -0.15) is 4.31 Å². The van der Waals surface area contributed by atoms with Crippen molar-refractivity contribution in [3.8, 4) is 0 Å². The third kappa shape index (κ3) is 2.36. The zero-order valence-electron chi connectivity index (χ0n) is 10.3. The van der Waals surface area contributed by atoms with Crippen LogP contribution < -0.4 is 5.32 Å². The molecule has 1 N–H and O–H groups in total. The summed E-state index contributed by atoms with van der Waals surface area (Å²) in [6.45, 7) is 5.46. The Morgan fingerprint density at radius 2 is 2.24 bits per heavy atom. The molecule has 1 aliphatic heterocycles. The van der Waals surface area contributed by atoms with Gasteiger partial charge in [0.1, 0.15) is 5.82 Å². The van der Waals surface area contributed by atoms with Gasteiger partial charge in [0, 0.05) is 38.9 Å². The van der Waals surface area contributed by atoms with Crippen molar-refractivity contribution in [3.63, 3.8) is 0 Å². The third-order valence-corrected chi connectivity index (χ3v) is 4.76. The fourth-order valence-corrected chi connectivity index (χ4v) is 3.45. The third-order valence-electron chi connectivity index (χ3n) is 3.02. The highest BCUT2D eigenvalue weighted by molar-refractivity contribution is 7.89. The van der Waals surface area contributed by atoms with E-state index in [-0.39, 0.29) is 11.1 Å². The van der Waals surface area contributed by atoms with Crippen LogP contribution in [-0.2, 0) is 17.1 Å². The zero-order chi connectivity index (χ0) is 12.6. The monoisotopic (exact) mass is 258 g/mol. The summed E-state index contributed by atoms with van der Waals surface area (Å²) >= 11 is 0. The highest BCUT2D eigenvalue weighted by Crippen LogP contribution is 2.16. The van der Waals surface area contributed by atoms with Gasteiger partial charge in [-0.25, -0.2) is 13.4 Å². The van der Waals surface area contributed by atoms with E-state index in [4.69, 9.17) is 0 Å². The molecule has 0 amide bonds. The van der Waals surface area contributed by atoms with Crippen LogP contribution in [0.3, 0.4) is 0 Å². The normalized spacial score (nSPS) is 22.9. The second-order valence-electron chi connectivity index (χ2n) is 4.46. The van der Waals surface area contributed by atoms with Crippen LogP contribution in [0.5, 0.6) is 0 Å². The highest BCUT2D eigenvalue weighted by Gasteiger charge is 2.30. The molecule has 0 bridgehead atoms. The van der Waals surface area contributed by atoms with Crippen molar-refractivity contribution in [2.75, 3.05) is 19.6 Å². The molecule has 1 aromatic rings. The minimum absolute atomic E-state index is 0.145. The number of aryl methyl sites for hydroxylation is 2. The molecular weight excluding hydrogens is 240 g/mol. The topological polar surface area (TPSA) is 67.2 Å². The number of hydrogen-bond donors (Lipinski definition) is 1. The first-order chi connectivity index (χ1) is 7.91. The summed E-state index contributed by atoms with van der Waals surface area (Å²) in [5.74, 6) is 0.701. The predicted octanol–water partition coefficient (Wildman–Crippen LogP) is -0.289. The van der Waals surface area contributed by atoms with Gasteiger partial charge in [-0.15, -0.1) is 0 Å². The number of imidazole rings is 1. The quantitative estimate of drug-likeness (QED) is 0.791. The van der Waals surface area contributed by atoms with Crippen molar-refractivity contribution in [1.82, 2.24) is 19.2 Å². The number of nitrogens with one attached hydrogen (secondary N) is 1. The van der Waals surface area contributed by atoms with E-state index in [9.17, 15) is 8.42 Å². The van der Waals surface area contributed by atoms with E-state index in [0.29, 0.717) is 25.5 Å². The zero-order valence-corrected chi connectivity index (χ0v) is 11.2. The Kier molecular flexibility index (Phi) is 3.24. The first-order valence-corrected chi connectivity index (χ1v) is 7.09. The van der Waals surface area contributed by atoms with E-state index in [0.717, 1.165) is 0 Å². The van der Waals surface area contributed by atoms with Crippen LogP contribution >= 0.6 is 0 Å². The molecule has 1 atom stereocenters. The SMILES string of the molecule is Cc1nc(S(=O)(=O)N2CCN[C@@H](C)C2)cn1C. The molecule has 1 fully saturated rings. The number of rotatable bonds is 2. The largest absolute Gasteiger partial charge is 0.337 e. The molecule has 6 nitrogen and oxygen atoms in total. The summed E-state index contributed by atoms with van der Waals surface area (Å²) in [4.78, 5) is 4.10. The minimum Gasteiger partial charge on any atom is -0.337 e. The maximum absolute atomic E-state index is 12.3. The van der Waals surface area contributed by atoms with E-state index in [1.807, 2.05) is 6.92 Å². The Hall–Kier alpha value is -0.920. The van der Waals surface area contributed by atoms with Gasteiger partial charge in [0.2, 0.25) is 0 Å². The molecule has 2 heterocycles. The van der Waals surface area contributed by atoms with Gasteiger partial charge in [-0.3, -0.25) is 0 Å². The fraction of sp³-hybridized carbons (Fsp3) is 0.700. The predicted molar refractivity (Wildman–Crippen MR) is 64.2 cm³/mol. The summed E-state index contributed by atoms with van der Waals surface area (Å²) in [7, 11) is -1.64. The molecule has 1 aliphatic rings. The lowest BCUT2D eigenvalue weighted by Gasteiger charge is -2.30. The maximum atomic E-state index is 12.3. The molecule has 0 spiro atoms.